The first-order valence-electron chi connectivity index (χ1n) is 7.42. The third-order valence-corrected chi connectivity index (χ3v) is 3.06. The molecule has 1 atom stereocenters. The molecule has 0 aliphatic carbocycles. The lowest BCUT2D eigenvalue weighted by Crippen LogP contribution is -2.43. The molecule has 0 spiro atoms. The highest BCUT2D eigenvalue weighted by Gasteiger charge is 2.28. The van der Waals surface area contributed by atoms with Crippen molar-refractivity contribution in [3.63, 3.8) is 0 Å². The zero-order chi connectivity index (χ0) is 18.1. The molecule has 0 aliphatic heterocycles. The maximum absolute atomic E-state index is 11.9. The Morgan fingerprint density at radius 3 is 2.38 bits per heavy atom. The highest BCUT2D eigenvalue weighted by molar-refractivity contribution is 6.02. The summed E-state index contributed by atoms with van der Waals surface area (Å²) in [6.07, 6.45) is -1.51. The van der Waals surface area contributed by atoms with Crippen LogP contribution in [0.5, 0.6) is 0 Å². The fourth-order valence-electron chi connectivity index (χ4n) is 1.93. The van der Waals surface area contributed by atoms with E-state index in [1.54, 1.807) is 31.2 Å². The largest absolute Gasteiger partial charge is 0.481 e. The van der Waals surface area contributed by atoms with E-state index in [1.807, 2.05) is 6.07 Å². The number of ether oxygens (including phenoxy) is 1. The Hall–Kier alpha value is -2.74. The maximum Gasteiger partial charge on any atom is 0.424 e. The van der Waals surface area contributed by atoms with Crippen molar-refractivity contribution in [1.29, 1.82) is 0 Å². The van der Waals surface area contributed by atoms with E-state index in [2.05, 4.69) is 4.74 Å². The number of aliphatic carboxylic acids is 1. The molecule has 0 heterocycles. The van der Waals surface area contributed by atoms with Crippen molar-refractivity contribution in [2.45, 2.75) is 32.2 Å². The van der Waals surface area contributed by atoms with Gasteiger partial charge in [-0.15, -0.1) is 0 Å². The Bertz CT molecular complexity index is 602. The first-order chi connectivity index (χ1) is 11.3. The number of hydrogen-bond acceptors (Lipinski definition) is 6. The van der Waals surface area contributed by atoms with E-state index in [1.165, 1.54) is 0 Å². The van der Waals surface area contributed by atoms with E-state index in [4.69, 9.17) is 10.8 Å². The average molecular weight is 336 g/mol. The monoisotopic (exact) mass is 336 g/mol. The molecule has 0 saturated carbocycles. The molecule has 1 aromatic rings. The van der Waals surface area contributed by atoms with Crippen LogP contribution in [0.3, 0.4) is 0 Å². The van der Waals surface area contributed by atoms with Crippen LogP contribution in [0.15, 0.2) is 30.3 Å². The second-order valence-electron chi connectivity index (χ2n) is 5.10. The minimum atomic E-state index is -1.37. The van der Waals surface area contributed by atoms with Gasteiger partial charge in [0, 0.05) is 6.54 Å². The van der Waals surface area contributed by atoms with Crippen LogP contribution in [0.1, 0.15) is 25.3 Å². The molecular weight excluding hydrogens is 316 g/mol. The van der Waals surface area contributed by atoms with Gasteiger partial charge in [0.25, 0.3) is 0 Å². The van der Waals surface area contributed by atoms with Crippen LogP contribution in [-0.4, -0.2) is 46.5 Å². The van der Waals surface area contributed by atoms with Crippen molar-refractivity contribution in [2.75, 3.05) is 6.54 Å². The van der Waals surface area contributed by atoms with E-state index in [0.717, 1.165) is 5.56 Å². The number of carboxylic acid groups (broad SMARTS) is 1. The summed E-state index contributed by atoms with van der Waals surface area (Å²) >= 11 is 0. The van der Waals surface area contributed by atoms with Crippen LogP contribution in [0.4, 0.5) is 4.79 Å². The van der Waals surface area contributed by atoms with Crippen LogP contribution in [0.25, 0.3) is 0 Å². The van der Waals surface area contributed by atoms with Crippen LogP contribution in [0, 0.1) is 0 Å². The summed E-state index contributed by atoms with van der Waals surface area (Å²) in [7, 11) is 0. The van der Waals surface area contributed by atoms with Crippen molar-refractivity contribution in [2.24, 2.45) is 5.73 Å². The first kappa shape index (κ1) is 19.3. The molecule has 0 unspecified atom stereocenters. The van der Waals surface area contributed by atoms with Crippen LogP contribution in [0.2, 0.25) is 0 Å². The number of hydrogen-bond donors (Lipinski definition) is 2. The number of nitrogens with two attached hydrogens (primary N) is 1. The SMILES string of the molecule is CCCN(C(=O)CC(=O)O)C(=O)OC(=O)[C@@H](N)Cc1ccccc1. The van der Waals surface area contributed by atoms with E-state index in [9.17, 15) is 19.2 Å². The lowest BCUT2D eigenvalue weighted by Gasteiger charge is -2.19. The molecule has 0 saturated heterocycles. The number of rotatable bonds is 7. The van der Waals surface area contributed by atoms with Crippen molar-refractivity contribution in [3.8, 4) is 0 Å². The van der Waals surface area contributed by atoms with Gasteiger partial charge in [-0.2, -0.15) is 0 Å². The molecule has 0 bridgehead atoms. The van der Waals surface area contributed by atoms with Gasteiger partial charge in [-0.25, -0.2) is 14.5 Å². The summed E-state index contributed by atoms with van der Waals surface area (Å²) in [4.78, 5) is 46.7. The van der Waals surface area contributed by atoms with E-state index < -0.39 is 36.4 Å². The number of nitrogens with zero attached hydrogens (tertiary/aromatic N) is 1. The van der Waals surface area contributed by atoms with Gasteiger partial charge >= 0.3 is 18.0 Å². The zero-order valence-electron chi connectivity index (χ0n) is 13.3. The smallest absolute Gasteiger partial charge is 0.424 e. The van der Waals surface area contributed by atoms with Crippen molar-refractivity contribution >= 4 is 23.9 Å². The van der Waals surface area contributed by atoms with E-state index >= 15 is 0 Å². The van der Waals surface area contributed by atoms with Gasteiger partial charge in [-0.05, 0) is 18.4 Å². The minimum Gasteiger partial charge on any atom is -0.481 e. The molecule has 130 valence electrons. The quantitative estimate of drug-likeness (QED) is 0.560. The Balaban J connectivity index is 2.66. The van der Waals surface area contributed by atoms with Crippen molar-refractivity contribution in [1.82, 2.24) is 4.90 Å². The molecule has 24 heavy (non-hydrogen) atoms. The lowest BCUT2D eigenvalue weighted by molar-refractivity contribution is -0.144. The van der Waals surface area contributed by atoms with Gasteiger partial charge in [-0.3, -0.25) is 9.59 Å². The Morgan fingerprint density at radius 2 is 1.83 bits per heavy atom. The molecule has 3 N–H and O–H groups in total. The average Bonchev–Trinajstić information content (AvgIpc) is 2.52. The van der Waals surface area contributed by atoms with E-state index in [0.29, 0.717) is 11.3 Å². The molecule has 1 aromatic carbocycles. The minimum absolute atomic E-state index is 0.0495. The molecular formula is C16H20N2O6. The fraction of sp³-hybridized carbons (Fsp3) is 0.375. The number of carboxylic acids is 1. The van der Waals surface area contributed by atoms with Gasteiger partial charge in [-0.1, -0.05) is 37.3 Å². The van der Waals surface area contributed by atoms with Crippen molar-refractivity contribution in [3.05, 3.63) is 35.9 Å². The third-order valence-electron chi connectivity index (χ3n) is 3.06. The highest BCUT2D eigenvalue weighted by Crippen LogP contribution is 2.06. The number of esters is 1. The number of benzene rings is 1. The van der Waals surface area contributed by atoms with Crippen LogP contribution in [-0.2, 0) is 25.5 Å². The zero-order valence-corrected chi connectivity index (χ0v) is 13.3. The molecule has 8 heteroatoms. The van der Waals surface area contributed by atoms with E-state index in [-0.39, 0.29) is 13.0 Å². The Morgan fingerprint density at radius 1 is 1.21 bits per heavy atom. The standard InChI is InChI=1S/C16H20N2O6/c1-2-8-18(13(19)10-14(20)21)16(23)24-15(22)12(17)9-11-6-4-3-5-7-11/h3-7,12H,2,8-10,17H2,1H3,(H,20,21)/t12-/m0/s1. The number of carbonyl (C=O) groups excluding carboxylic acids is 3. The maximum atomic E-state index is 11.9. The molecule has 8 nitrogen and oxygen atoms in total. The second kappa shape index (κ2) is 9.41. The van der Waals surface area contributed by atoms with Gasteiger partial charge in [0.1, 0.15) is 12.5 Å². The molecule has 0 aliphatic rings. The van der Waals surface area contributed by atoms with Crippen LogP contribution < -0.4 is 5.73 Å². The highest BCUT2D eigenvalue weighted by atomic mass is 16.6. The van der Waals surface area contributed by atoms with Gasteiger partial charge in [0.05, 0.1) is 0 Å². The Kier molecular flexibility index (Phi) is 7.57. The lowest BCUT2D eigenvalue weighted by atomic mass is 10.1. The predicted octanol–water partition coefficient (Wildman–Crippen LogP) is 0.933. The Labute approximate surface area is 139 Å². The summed E-state index contributed by atoms with van der Waals surface area (Å²) in [6.45, 7) is 1.64. The van der Waals surface area contributed by atoms with Gasteiger partial charge in [0.2, 0.25) is 5.91 Å². The van der Waals surface area contributed by atoms with Gasteiger partial charge in [0.15, 0.2) is 0 Å². The molecule has 0 fully saturated rings. The topological polar surface area (TPSA) is 127 Å². The van der Waals surface area contributed by atoms with Crippen LogP contribution >= 0.6 is 0 Å². The summed E-state index contributed by atoms with van der Waals surface area (Å²) in [6, 6.07) is 7.85. The number of imide groups is 1. The molecule has 1 rings (SSSR count). The third kappa shape index (κ3) is 6.17. The number of amides is 2. The van der Waals surface area contributed by atoms with Gasteiger partial charge < -0.3 is 15.6 Å². The fourth-order valence-corrected chi connectivity index (χ4v) is 1.93. The summed E-state index contributed by atoms with van der Waals surface area (Å²) < 4.78 is 4.61. The molecule has 0 radical (unpaired) electrons. The summed E-state index contributed by atoms with van der Waals surface area (Å²) in [5.41, 5.74) is 6.50. The normalized spacial score (nSPS) is 11.4. The first-order valence-corrected chi connectivity index (χ1v) is 7.42. The summed E-state index contributed by atoms with van der Waals surface area (Å²) in [5.74, 6) is -3.30. The second-order valence-corrected chi connectivity index (χ2v) is 5.10. The summed E-state index contributed by atoms with van der Waals surface area (Å²) in [5, 5.41) is 8.63. The molecule has 0 aromatic heterocycles. The number of carbonyl (C=O) groups is 4. The predicted molar refractivity (Wildman–Crippen MR) is 83.9 cm³/mol. The van der Waals surface area contributed by atoms with Crippen molar-refractivity contribution < 1.29 is 29.0 Å². The molecule has 2 amide bonds.